The van der Waals surface area contributed by atoms with Crippen molar-refractivity contribution in [2.75, 3.05) is 50.1 Å². The van der Waals surface area contributed by atoms with Crippen molar-refractivity contribution in [2.45, 2.75) is 11.1 Å². The monoisotopic (exact) mass is 446 g/mol. The molecule has 0 aliphatic carbocycles. The van der Waals surface area contributed by atoms with Gasteiger partial charge in [0.05, 0.1) is 49.3 Å². The van der Waals surface area contributed by atoms with E-state index in [1.165, 1.54) is 38.5 Å². The minimum atomic E-state index is -4.62. The molecule has 0 aromatic heterocycles. The second-order valence-electron chi connectivity index (χ2n) is 6.45. The Kier molecular flexibility index (Phi) is 6.32. The maximum absolute atomic E-state index is 13.2. The van der Waals surface area contributed by atoms with Crippen LogP contribution < -0.4 is 19.1 Å². The summed E-state index contributed by atoms with van der Waals surface area (Å²) < 4.78 is 83.4. The third-order valence-electron chi connectivity index (χ3n) is 4.59. The summed E-state index contributed by atoms with van der Waals surface area (Å²) in [6.45, 7) is 1.64. The first kappa shape index (κ1) is 22.0. The summed E-state index contributed by atoms with van der Waals surface area (Å²) in [4.78, 5) is 1.60. The second-order valence-corrected chi connectivity index (χ2v) is 8.13. The smallest absolute Gasteiger partial charge is 0.416 e. The van der Waals surface area contributed by atoms with Crippen LogP contribution in [0.4, 0.5) is 24.5 Å². The molecule has 1 saturated heterocycles. The summed E-state index contributed by atoms with van der Waals surface area (Å²) in [5.74, 6) is 0.502. The summed E-state index contributed by atoms with van der Waals surface area (Å²) in [6.07, 6.45) is -4.62. The number of alkyl halides is 3. The van der Waals surface area contributed by atoms with Crippen molar-refractivity contribution >= 4 is 21.4 Å². The van der Waals surface area contributed by atoms with Crippen LogP contribution in [-0.4, -0.2) is 48.9 Å². The van der Waals surface area contributed by atoms with Crippen molar-refractivity contribution in [3.8, 4) is 11.5 Å². The van der Waals surface area contributed by atoms with Gasteiger partial charge in [-0.05, 0) is 30.3 Å². The number of halogens is 3. The van der Waals surface area contributed by atoms with Crippen molar-refractivity contribution in [3.63, 3.8) is 0 Å². The van der Waals surface area contributed by atoms with Crippen molar-refractivity contribution in [1.29, 1.82) is 0 Å². The fourth-order valence-corrected chi connectivity index (χ4v) is 4.14. The van der Waals surface area contributed by atoms with Gasteiger partial charge in [-0.3, -0.25) is 4.72 Å². The summed E-state index contributed by atoms with van der Waals surface area (Å²) in [5.41, 5.74) is -0.776. The molecule has 0 amide bonds. The molecule has 1 aliphatic heterocycles. The zero-order chi connectivity index (χ0) is 21.9. The molecule has 11 heteroatoms. The first-order valence-corrected chi connectivity index (χ1v) is 10.4. The first-order chi connectivity index (χ1) is 14.2. The number of hydrogen-bond donors (Lipinski definition) is 1. The Balaban J connectivity index is 2.02. The highest BCUT2D eigenvalue weighted by molar-refractivity contribution is 7.92. The number of hydrogen-bond acceptors (Lipinski definition) is 6. The Morgan fingerprint density at radius 3 is 2.27 bits per heavy atom. The number of sulfonamides is 1. The van der Waals surface area contributed by atoms with E-state index in [1.54, 1.807) is 4.90 Å². The van der Waals surface area contributed by atoms with Crippen molar-refractivity contribution in [3.05, 3.63) is 42.0 Å². The number of benzene rings is 2. The normalized spacial score (nSPS) is 15.0. The number of rotatable bonds is 6. The highest BCUT2D eigenvalue weighted by Gasteiger charge is 2.32. The number of nitrogens with zero attached hydrogens (tertiary/aromatic N) is 1. The van der Waals surface area contributed by atoms with Gasteiger partial charge in [-0.1, -0.05) is 0 Å². The Morgan fingerprint density at radius 1 is 1.00 bits per heavy atom. The molecule has 1 N–H and O–H groups in total. The minimum absolute atomic E-state index is 0.165. The molecule has 0 spiro atoms. The predicted octanol–water partition coefficient (Wildman–Crippen LogP) is 3.36. The van der Waals surface area contributed by atoms with E-state index in [1.807, 2.05) is 0 Å². The van der Waals surface area contributed by atoms with Gasteiger partial charge in [-0.25, -0.2) is 8.42 Å². The largest absolute Gasteiger partial charge is 0.493 e. The molecule has 1 aliphatic rings. The Labute approximate surface area is 172 Å². The van der Waals surface area contributed by atoms with Crippen LogP contribution in [-0.2, 0) is 20.9 Å². The number of anilines is 2. The minimum Gasteiger partial charge on any atom is -0.493 e. The lowest BCUT2D eigenvalue weighted by molar-refractivity contribution is -0.137. The molecular formula is C19H21F3N2O5S. The van der Waals surface area contributed by atoms with Crippen molar-refractivity contribution in [2.24, 2.45) is 0 Å². The average Bonchev–Trinajstić information content (AvgIpc) is 2.72. The SMILES string of the molecule is COc1ccc(S(=O)(=O)Nc2cc(C(F)(F)F)ccc2N2CCOCC2)cc1OC. The molecule has 0 saturated carbocycles. The average molecular weight is 446 g/mol. The van der Waals surface area contributed by atoms with Crippen LogP contribution >= 0.6 is 0 Å². The summed E-state index contributed by atoms with van der Waals surface area (Å²) in [5, 5.41) is 0. The topological polar surface area (TPSA) is 77.1 Å². The lowest BCUT2D eigenvalue weighted by Crippen LogP contribution is -2.36. The second kappa shape index (κ2) is 8.60. The van der Waals surface area contributed by atoms with E-state index in [4.69, 9.17) is 14.2 Å². The number of nitrogens with one attached hydrogen (secondary N) is 1. The fraction of sp³-hybridized carbons (Fsp3) is 0.368. The van der Waals surface area contributed by atoms with Gasteiger partial charge in [0.2, 0.25) is 0 Å². The van der Waals surface area contributed by atoms with E-state index in [9.17, 15) is 21.6 Å². The molecule has 3 rings (SSSR count). The number of morpholine rings is 1. The standard InChI is InChI=1S/C19H21F3N2O5S/c1-27-17-6-4-14(12-18(17)28-2)30(25,26)23-15-11-13(19(20,21)22)3-5-16(15)24-7-9-29-10-8-24/h3-6,11-12,23H,7-10H2,1-2H3. The molecule has 0 bridgehead atoms. The van der Waals surface area contributed by atoms with Crippen molar-refractivity contribution in [1.82, 2.24) is 0 Å². The quantitative estimate of drug-likeness (QED) is 0.734. The van der Waals surface area contributed by atoms with Gasteiger partial charge in [0.15, 0.2) is 11.5 Å². The Hall–Kier alpha value is -2.66. The number of methoxy groups -OCH3 is 2. The van der Waals surface area contributed by atoms with Gasteiger partial charge in [-0.2, -0.15) is 13.2 Å². The Bertz CT molecular complexity index is 1010. The van der Waals surface area contributed by atoms with Gasteiger partial charge >= 0.3 is 6.18 Å². The zero-order valence-electron chi connectivity index (χ0n) is 16.3. The molecule has 1 heterocycles. The van der Waals surface area contributed by atoms with Crippen LogP contribution in [0, 0.1) is 0 Å². The lowest BCUT2D eigenvalue weighted by atomic mass is 10.1. The van der Waals surface area contributed by atoms with Gasteiger partial charge in [-0.15, -0.1) is 0 Å². The van der Waals surface area contributed by atoms with Crippen molar-refractivity contribution < 1.29 is 35.8 Å². The number of ether oxygens (including phenoxy) is 3. The molecule has 0 unspecified atom stereocenters. The molecule has 164 valence electrons. The van der Waals surface area contributed by atoms with E-state index in [2.05, 4.69) is 4.72 Å². The van der Waals surface area contributed by atoms with Crippen LogP contribution in [0.1, 0.15) is 5.56 Å². The lowest BCUT2D eigenvalue weighted by Gasteiger charge is -2.31. The highest BCUT2D eigenvalue weighted by atomic mass is 32.2. The van der Waals surface area contributed by atoms with Gasteiger partial charge in [0.25, 0.3) is 10.0 Å². The van der Waals surface area contributed by atoms with E-state index in [-0.39, 0.29) is 16.3 Å². The molecule has 1 fully saturated rings. The Morgan fingerprint density at radius 2 is 1.67 bits per heavy atom. The summed E-state index contributed by atoms with van der Waals surface area (Å²) in [6, 6.07) is 6.92. The zero-order valence-corrected chi connectivity index (χ0v) is 17.1. The molecule has 0 atom stereocenters. The summed E-state index contributed by atoms with van der Waals surface area (Å²) >= 11 is 0. The molecule has 7 nitrogen and oxygen atoms in total. The van der Waals surface area contributed by atoms with Gasteiger partial charge < -0.3 is 19.1 Å². The van der Waals surface area contributed by atoms with Gasteiger partial charge in [0.1, 0.15) is 0 Å². The maximum Gasteiger partial charge on any atom is 0.416 e. The first-order valence-electron chi connectivity index (χ1n) is 8.94. The van der Waals surface area contributed by atoms with Crippen LogP contribution in [0.3, 0.4) is 0 Å². The van der Waals surface area contributed by atoms with E-state index in [0.29, 0.717) is 37.7 Å². The molecule has 30 heavy (non-hydrogen) atoms. The van der Waals surface area contributed by atoms with Crippen LogP contribution in [0.15, 0.2) is 41.3 Å². The molecule has 2 aromatic carbocycles. The molecule has 2 aromatic rings. The fourth-order valence-electron chi connectivity index (χ4n) is 3.06. The highest BCUT2D eigenvalue weighted by Crippen LogP contribution is 2.37. The third-order valence-corrected chi connectivity index (χ3v) is 5.95. The maximum atomic E-state index is 13.2. The van der Waals surface area contributed by atoms with Crippen LogP contribution in [0.25, 0.3) is 0 Å². The van der Waals surface area contributed by atoms with E-state index >= 15 is 0 Å². The molecular weight excluding hydrogens is 425 g/mol. The third kappa shape index (κ3) is 4.73. The van der Waals surface area contributed by atoms with Crippen LogP contribution in [0.5, 0.6) is 11.5 Å². The summed E-state index contributed by atoms with van der Waals surface area (Å²) in [7, 11) is -1.45. The van der Waals surface area contributed by atoms with E-state index < -0.39 is 21.8 Å². The van der Waals surface area contributed by atoms with E-state index in [0.717, 1.165) is 12.1 Å². The molecule has 0 radical (unpaired) electrons. The van der Waals surface area contributed by atoms with Crippen LogP contribution in [0.2, 0.25) is 0 Å². The van der Waals surface area contributed by atoms with Gasteiger partial charge in [0, 0.05) is 19.2 Å². The predicted molar refractivity (Wildman–Crippen MR) is 105 cm³/mol.